The van der Waals surface area contributed by atoms with Gasteiger partial charge in [0.15, 0.2) is 6.61 Å². The quantitative estimate of drug-likeness (QED) is 0.380. The number of rotatable bonds is 9. The molecule has 0 saturated carbocycles. The fraction of sp³-hybridized carbons (Fsp3) is 0.200. The topological polar surface area (TPSA) is 59.9 Å². The summed E-state index contributed by atoms with van der Waals surface area (Å²) in [5, 5.41) is 3.98. The van der Waals surface area contributed by atoms with Crippen molar-refractivity contribution in [3.05, 3.63) is 70.7 Å². The van der Waals surface area contributed by atoms with Gasteiger partial charge in [0.2, 0.25) is 0 Å². The van der Waals surface area contributed by atoms with Crippen LogP contribution in [-0.4, -0.2) is 25.3 Å². The lowest BCUT2D eigenvalue weighted by atomic mass is 10.1. The van der Waals surface area contributed by atoms with Crippen LogP contribution in [0, 0.1) is 0 Å². The lowest BCUT2D eigenvalue weighted by Gasteiger charge is -2.09. The Kier molecular flexibility index (Phi) is 7.89. The van der Waals surface area contributed by atoms with Gasteiger partial charge in [0.05, 0.1) is 12.8 Å². The average Bonchev–Trinajstić information content (AvgIpc) is 2.63. The van der Waals surface area contributed by atoms with Crippen molar-refractivity contribution in [1.29, 1.82) is 0 Å². The Morgan fingerprint density at radius 3 is 2.81 bits per heavy atom. The van der Waals surface area contributed by atoms with Gasteiger partial charge in [-0.3, -0.25) is 4.79 Å². The van der Waals surface area contributed by atoms with Crippen molar-refractivity contribution in [2.45, 2.75) is 13.3 Å². The molecule has 136 valence electrons. The average molecular weight is 417 g/mol. The number of para-hydroxylation sites is 1. The van der Waals surface area contributed by atoms with Gasteiger partial charge in [0.1, 0.15) is 11.5 Å². The highest BCUT2D eigenvalue weighted by Crippen LogP contribution is 2.22. The summed E-state index contributed by atoms with van der Waals surface area (Å²) < 4.78 is 12.0. The lowest BCUT2D eigenvalue weighted by molar-refractivity contribution is -0.123. The van der Waals surface area contributed by atoms with Crippen LogP contribution < -0.4 is 14.9 Å². The highest BCUT2D eigenvalue weighted by atomic mass is 79.9. The van der Waals surface area contributed by atoms with E-state index >= 15 is 0 Å². The van der Waals surface area contributed by atoms with Crippen LogP contribution in [0.4, 0.5) is 0 Å². The highest BCUT2D eigenvalue weighted by Gasteiger charge is 2.06. The molecule has 0 heterocycles. The predicted octanol–water partition coefficient (Wildman–Crippen LogP) is 4.11. The summed E-state index contributed by atoms with van der Waals surface area (Å²) in [6.07, 6.45) is 4.01. The number of carbonyl (C=O) groups is 1. The van der Waals surface area contributed by atoms with Gasteiger partial charge in [-0.05, 0) is 43.2 Å². The molecule has 26 heavy (non-hydrogen) atoms. The third-order valence-corrected chi connectivity index (χ3v) is 3.85. The first-order valence-corrected chi connectivity index (χ1v) is 8.99. The number of hydrogen-bond donors (Lipinski definition) is 1. The Labute approximate surface area is 161 Å². The number of benzene rings is 2. The zero-order valence-corrected chi connectivity index (χ0v) is 16.2. The molecule has 0 spiro atoms. The molecule has 0 aliphatic rings. The Balaban J connectivity index is 1.92. The molecule has 0 fully saturated rings. The number of amides is 1. The summed E-state index contributed by atoms with van der Waals surface area (Å²) >= 11 is 3.41. The van der Waals surface area contributed by atoms with Crippen molar-refractivity contribution in [3.63, 3.8) is 0 Å². The second-order valence-corrected chi connectivity index (χ2v) is 6.21. The van der Waals surface area contributed by atoms with Crippen molar-refractivity contribution in [3.8, 4) is 11.5 Å². The third kappa shape index (κ3) is 6.04. The van der Waals surface area contributed by atoms with E-state index in [1.54, 1.807) is 12.3 Å². The van der Waals surface area contributed by atoms with Gasteiger partial charge in [-0.25, -0.2) is 5.43 Å². The maximum atomic E-state index is 11.9. The summed E-state index contributed by atoms with van der Waals surface area (Å²) in [5.74, 6) is 1.02. The monoisotopic (exact) mass is 416 g/mol. The molecule has 1 N–H and O–H groups in total. The molecule has 0 saturated heterocycles. The minimum absolute atomic E-state index is 0.123. The van der Waals surface area contributed by atoms with E-state index in [9.17, 15) is 4.79 Å². The molecule has 0 aliphatic carbocycles. The van der Waals surface area contributed by atoms with Crippen molar-refractivity contribution < 1.29 is 14.3 Å². The third-order valence-electron chi connectivity index (χ3n) is 3.36. The van der Waals surface area contributed by atoms with Crippen LogP contribution in [0.5, 0.6) is 11.5 Å². The minimum atomic E-state index is -0.345. The normalized spacial score (nSPS) is 10.5. The van der Waals surface area contributed by atoms with Crippen LogP contribution >= 0.6 is 15.9 Å². The highest BCUT2D eigenvalue weighted by molar-refractivity contribution is 9.10. The molecule has 1 amide bonds. The van der Waals surface area contributed by atoms with E-state index in [-0.39, 0.29) is 12.5 Å². The molecule has 0 atom stereocenters. The van der Waals surface area contributed by atoms with Crippen LogP contribution in [0.15, 0.2) is 64.7 Å². The fourth-order valence-corrected chi connectivity index (χ4v) is 2.60. The van der Waals surface area contributed by atoms with E-state index < -0.39 is 0 Å². The largest absolute Gasteiger partial charge is 0.493 e. The molecule has 0 aromatic heterocycles. The van der Waals surface area contributed by atoms with Crippen molar-refractivity contribution in [2.24, 2.45) is 5.10 Å². The summed E-state index contributed by atoms with van der Waals surface area (Å²) in [7, 11) is 0. The molecule has 5 nitrogen and oxygen atoms in total. The standard InChI is InChI=1S/C20H21BrN2O3/c1-3-7-15-8-5-6-9-18(15)26-14-20(24)23-22-13-16-12-17(21)10-11-19(16)25-4-2/h3,5-6,8-13H,1,4,7,14H2,2H3,(H,23,24)/b22-13-. The Morgan fingerprint density at radius 1 is 1.23 bits per heavy atom. The van der Waals surface area contributed by atoms with Crippen LogP contribution in [0.2, 0.25) is 0 Å². The number of hydrogen-bond acceptors (Lipinski definition) is 4. The van der Waals surface area contributed by atoms with Crippen LogP contribution in [0.25, 0.3) is 0 Å². The molecular weight excluding hydrogens is 396 g/mol. The Bertz CT molecular complexity index is 790. The van der Waals surface area contributed by atoms with Gasteiger partial charge in [-0.2, -0.15) is 5.10 Å². The van der Waals surface area contributed by atoms with Crippen molar-refractivity contribution >= 4 is 28.1 Å². The zero-order chi connectivity index (χ0) is 18.8. The van der Waals surface area contributed by atoms with Gasteiger partial charge in [-0.1, -0.05) is 40.2 Å². The number of halogens is 1. The first-order chi connectivity index (χ1) is 12.6. The van der Waals surface area contributed by atoms with E-state index in [0.29, 0.717) is 24.5 Å². The zero-order valence-electron chi connectivity index (χ0n) is 14.6. The molecule has 2 rings (SSSR count). The van der Waals surface area contributed by atoms with E-state index in [4.69, 9.17) is 9.47 Å². The molecule has 0 radical (unpaired) electrons. The molecule has 0 aliphatic heterocycles. The second kappa shape index (κ2) is 10.4. The van der Waals surface area contributed by atoms with E-state index in [1.807, 2.05) is 49.4 Å². The summed E-state index contributed by atoms with van der Waals surface area (Å²) in [4.78, 5) is 11.9. The molecule has 0 bridgehead atoms. The maximum absolute atomic E-state index is 11.9. The first kappa shape index (κ1) is 19.7. The molecule has 2 aromatic rings. The molecule has 6 heteroatoms. The summed E-state index contributed by atoms with van der Waals surface area (Å²) in [6, 6.07) is 13.1. The molecule has 0 unspecified atom stereocenters. The number of nitrogens with zero attached hydrogens (tertiary/aromatic N) is 1. The number of allylic oxidation sites excluding steroid dienone is 1. The van der Waals surface area contributed by atoms with Crippen LogP contribution in [-0.2, 0) is 11.2 Å². The first-order valence-electron chi connectivity index (χ1n) is 8.20. The van der Waals surface area contributed by atoms with Crippen molar-refractivity contribution in [1.82, 2.24) is 5.43 Å². The van der Waals surface area contributed by atoms with E-state index in [1.165, 1.54) is 0 Å². The smallest absolute Gasteiger partial charge is 0.277 e. The minimum Gasteiger partial charge on any atom is -0.493 e. The Hall–Kier alpha value is -2.60. The summed E-state index contributed by atoms with van der Waals surface area (Å²) in [6.45, 7) is 6.06. The van der Waals surface area contributed by atoms with Crippen molar-refractivity contribution in [2.75, 3.05) is 13.2 Å². The van der Waals surface area contributed by atoms with Gasteiger partial charge >= 0.3 is 0 Å². The SMILES string of the molecule is C=CCc1ccccc1OCC(=O)N/N=C\c1cc(Br)ccc1OCC. The predicted molar refractivity (Wildman–Crippen MR) is 107 cm³/mol. The van der Waals surface area contributed by atoms with Gasteiger partial charge in [0, 0.05) is 10.0 Å². The van der Waals surface area contributed by atoms with Gasteiger partial charge in [-0.15, -0.1) is 6.58 Å². The molecular formula is C20H21BrN2O3. The number of ether oxygens (including phenoxy) is 2. The number of carbonyl (C=O) groups excluding carboxylic acids is 1. The number of hydrazone groups is 1. The Morgan fingerprint density at radius 2 is 2.04 bits per heavy atom. The van der Waals surface area contributed by atoms with Crippen LogP contribution in [0.1, 0.15) is 18.1 Å². The summed E-state index contributed by atoms with van der Waals surface area (Å²) in [5.41, 5.74) is 4.20. The number of nitrogens with one attached hydrogen (secondary N) is 1. The maximum Gasteiger partial charge on any atom is 0.277 e. The van der Waals surface area contributed by atoms with E-state index in [0.717, 1.165) is 15.6 Å². The van der Waals surface area contributed by atoms with Gasteiger partial charge in [0.25, 0.3) is 5.91 Å². The molecule has 2 aromatic carbocycles. The second-order valence-electron chi connectivity index (χ2n) is 5.30. The fourth-order valence-electron chi connectivity index (χ4n) is 2.23. The van der Waals surface area contributed by atoms with Crippen LogP contribution in [0.3, 0.4) is 0 Å². The van der Waals surface area contributed by atoms with E-state index in [2.05, 4.69) is 33.0 Å². The van der Waals surface area contributed by atoms with Gasteiger partial charge < -0.3 is 9.47 Å². The lowest BCUT2D eigenvalue weighted by Crippen LogP contribution is -2.24.